The molecule has 10 nitrogen and oxygen atoms in total. The van der Waals surface area contributed by atoms with Crippen LogP contribution >= 0.6 is 0 Å². The summed E-state index contributed by atoms with van der Waals surface area (Å²) in [5.41, 5.74) is 1.57. The van der Waals surface area contributed by atoms with Crippen LogP contribution in [0.1, 0.15) is 40.1 Å². The van der Waals surface area contributed by atoms with Gasteiger partial charge in [-0.1, -0.05) is 0 Å². The van der Waals surface area contributed by atoms with Crippen LogP contribution in [0.2, 0.25) is 0 Å². The number of halogens is 1. The molecule has 11 heteroatoms. The van der Waals surface area contributed by atoms with E-state index in [1.807, 2.05) is 0 Å². The quantitative estimate of drug-likeness (QED) is 0.552. The molecule has 3 aromatic rings. The van der Waals surface area contributed by atoms with Gasteiger partial charge >= 0.3 is 0 Å². The molecule has 2 aliphatic heterocycles. The average Bonchev–Trinajstić information content (AvgIpc) is 3.40. The number of morpholine rings is 1. The van der Waals surface area contributed by atoms with Crippen LogP contribution in [0.4, 0.5) is 15.8 Å². The fourth-order valence-corrected chi connectivity index (χ4v) is 4.32. The highest BCUT2D eigenvalue weighted by Crippen LogP contribution is 2.36. The van der Waals surface area contributed by atoms with Crippen molar-refractivity contribution < 1.29 is 23.8 Å². The number of amides is 2. The predicted molar refractivity (Wildman–Crippen MR) is 126 cm³/mol. The molecule has 0 unspecified atom stereocenters. The SMILES string of the molecule is CC(C)(O)[C@H](F)CN1Cc2cc(NC(=O)c3cnn4cccnc34)c(N3CCOCC3)cc2C1=O. The van der Waals surface area contributed by atoms with E-state index in [1.54, 1.807) is 30.6 Å². The predicted octanol–water partition coefficient (Wildman–Crippen LogP) is 1.88. The molecule has 35 heavy (non-hydrogen) atoms. The fourth-order valence-electron chi connectivity index (χ4n) is 4.32. The molecule has 2 aromatic heterocycles. The lowest BCUT2D eigenvalue weighted by molar-refractivity contribution is -0.0159. The second-order valence-corrected chi connectivity index (χ2v) is 9.33. The third-order valence-electron chi connectivity index (χ3n) is 6.37. The average molecular weight is 483 g/mol. The monoisotopic (exact) mass is 482 g/mol. The Hall–Kier alpha value is -3.57. The first-order valence-electron chi connectivity index (χ1n) is 11.5. The number of aromatic nitrogens is 3. The molecular formula is C24H27FN6O4. The molecule has 2 amide bonds. The van der Waals surface area contributed by atoms with Gasteiger partial charge in [0.05, 0.1) is 42.9 Å². The summed E-state index contributed by atoms with van der Waals surface area (Å²) < 4.78 is 21.5. The second kappa shape index (κ2) is 8.90. The molecule has 2 aliphatic rings. The number of nitrogens with one attached hydrogen (secondary N) is 1. The van der Waals surface area contributed by atoms with Crippen LogP contribution in [0.25, 0.3) is 5.65 Å². The van der Waals surface area contributed by atoms with Crippen molar-refractivity contribution in [3.05, 3.63) is 53.5 Å². The summed E-state index contributed by atoms with van der Waals surface area (Å²) in [6.07, 6.45) is 3.17. The molecule has 2 N–H and O–H groups in total. The van der Waals surface area contributed by atoms with Gasteiger partial charge in [-0.2, -0.15) is 5.10 Å². The van der Waals surface area contributed by atoms with Crippen molar-refractivity contribution in [3.8, 4) is 0 Å². The van der Waals surface area contributed by atoms with Crippen molar-refractivity contribution in [2.75, 3.05) is 43.1 Å². The summed E-state index contributed by atoms with van der Waals surface area (Å²) in [4.78, 5) is 34.0. The van der Waals surface area contributed by atoms with E-state index < -0.39 is 11.8 Å². The highest BCUT2D eigenvalue weighted by Gasteiger charge is 2.35. The molecule has 1 atom stereocenters. The molecule has 0 saturated carbocycles. The number of aliphatic hydroxyl groups is 1. The minimum Gasteiger partial charge on any atom is -0.387 e. The maximum absolute atomic E-state index is 14.5. The van der Waals surface area contributed by atoms with E-state index >= 15 is 0 Å². The largest absolute Gasteiger partial charge is 0.387 e. The van der Waals surface area contributed by atoms with Crippen LogP contribution < -0.4 is 10.2 Å². The summed E-state index contributed by atoms with van der Waals surface area (Å²) in [5, 5.41) is 17.1. The van der Waals surface area contributed by atoms with E-state index in [1.165, 1.54) is 29.5 Å². The Morgan fingerprint density at radius 2 is 2.09 bits per heavy atom. The Morgan fingerprint density at radius 3 is 2.83 bits per heavy atom. The van der Waals surface area contributed by atoms with E-state index in [-0.39, 0.29) is 24.9 Å². The number of ether oxygens (including phenoxy) is 1. The van der Waals surface area contributed by atoms with Gasteiger partial charge in [0.15, 0.2) is 5.65 Å². The van der Waals surface area contributed by atoms with E-state index in [0.717, 1.165) is 0 Å². The van der Waals surface area contributed by atoms with Crippen molar-refractivity contribution in [2.24, 2.45) is 0 Å². The van der Waals surface area contributed by atoms with Crippen molar-refractivity contribution in [1.82, 2.24) is 19.5 Å². The van der Waals surface area contributed by atoms with Crippen molar-refractivity contribution in [2.45, 2.75) is 32.2 Å². The number of anilines is 2. The zero-order chi connectivity index (χ0) is 24.7. The lowest BCUT2D eigenvalue weighted by atomic mass is 10.0. The van der Waals surface area contributed by atoms with E-state index in [2.05, 4.69) is 20.3 Å². The zero-order valence-corrected chi connectivity index (χ0v) is 19.6. The fraction of sp³-hybridized carbons (Fsp3) is 0.417. The van der Waals surface area contributed by atoms with Crippen LogP contribution in [-0.4, -0.2) is 81.0 Å². The maximum atomic E-state index is 14.5. The Balaban J connectivity index is 1.47. The van der Waals surface area contributed by atoms with Crippen LogP contribution in [0, 0.1) is 0 Å². The Bertz CT molecular complexity index is 1280. The molecule has 1 aromatic carbocycles. The molecule has 0 aliphatic carbocycles. The van der Waals surface area contributed by atoms with Crippen LogP contribution in [-0.2, 0) is 11.3 Å². The Morgan fingerprint density at radius 1 is 1.31 bits per heavy atom. The number of carbonyl (C=O) groups excluding carboxylic acids is 2. The van der Waals surface area contributed by atoms with Crippen LogP contribution in [0.5, 0.6) is 0 Å². The Kier molecular flexibility index (Phi) is 5.89. The molecule has 4 heterocycles. The van der Waals surface area contributed by atoms with Gasteiger partial charge in [-0.3, -0.25) is 9.59 Å². The molecule has 184 valence electrons. The van der Waals surface area contributed by atoms with Gasteiger partial charge in [0.2, 0.25) is 0 Å². The minimum absolute atomic E-state index is 0.190. The first-order chi connectivity index (χ1) is 16.7. The van der Waals surface area contributed by atoms with Crippen LogP contribution in [0.3, 0.4) is 0 Å². The maximum Gasteiger partial charge on any atom is 0.261 e. The molecule has 1 saturated heterocycles. The summed E-state index contributed by atoms with van der Waals surface area (Å²) in [7, 11) is 0. The number of hydrogen-bond donors (Lipinski definition) is 2. The number of carbonyl (C=O) groups is 2. The van der Waals surface area contributed by atoms with Gasteiger partial charge in [-0.15, -0.1) is 0 Å². The second-order valence-electron chi connectivity index (χ2n) is 9.33. The molecule has 5 rings (SSSR count). The highest BCUT2D eigenvalue weighted by molar-refractivity contribution is 6.10. The molecule has 0 spiro atoms. The normalized spacial score (nSPS) is 17.1. The Labute approximate surface area is 201 Å². The van der Waals surface area contributed by atoms with Crippen molar-refractivity contribution >= 4 is 28.8 Å². The highest BCUT2D eigenvalue weighted by atomic mass is 19.1. The molecule has 0 bridgehead atoms. The number of alkyl halides is 1. The summed E-state index contributed by atoms with van der Waals surface area (Å²) in [6.45, 7) is 4.98. The smallest absolute Gasteiger partial charge is 0.261 e. The van der Waals surface area contributed by atoms with Gasteiger partial charge in [-0.05, 0) is 37.6 Å². The van der Waals surface area contributed by atoms with E-state index in [0.29, 0.717) is 60.0 Å². The number of benzene rings is 1. The first-order valence-corrected chi connectivity index (χ1v) is 11.5. The van der Waals surface area contributed by atoms with Crippen LogP contribution in [0.15, 0.2) is 36.8 Å². The summed E-state index contributed by atoms with van der Waals surface area (Å²) >= 11 is 0. The summed E-state index contributed by atoms with van der Waals surface area (Å²) in [5.74, 6) is -0.675. The lowest BCUT2D eigenvalue weighted by Gasteiger charge is -2.31. The lowest BCUT2D eigenvalue weighted by Crippen LogP contribution is -2.42. The van der Waals surface area contributed by atoms with E-state index in [9.17, 15) is 19.1 Å². The summed E-state index contributed by atoms with van der Waals surface area (Å²) in [6, 6.07) is 5.25. The zero-order valence-electron chi connectivity index (χ0n) is 19.6. The molecular weight excluding hydrogens is 455 g/mol. The minimum atomic E-state index is -1.60. The molecule has 0 radical (unpaired) electrons. The molecule has 1 fully saturated rings. The number of fused-ring (bicyclic) bond motifs is 2. The number of nitrogens with zero attached hydrogens (tertiary/aromatic N) is 5. The number of hydrogen-bond acceptors (Lipinski definition) is 7. The third kappa shape index (κ3) is 4.44. The topological polar surface area (TPSA) is 112 Å². The van der Waals surface area contributed by atoms with Gasteiger partial charge in [0.1, 0.15) is 11.7 Å². The number of rotatable bonds is 6. The first kappa shape index (κ1) is 23.2. The third-order valence-corrected chi connectivity index (χ3v) is 6.37. The van der Waals surface area contributed by atoms with Gasteiger partial charge in [-0.25, -0.2) is 13.9 Å². The van der Waals surface area contributed by atoms with Crippen molar-refractivity contribution in [1.29, 1.82) is 0 Å². The standard InChI is InChI=1S/C24H27FN6O4/c1-24(2,34)20(25)14-30-13-15-10-18(19(11-16(15)23(30)33)29-6-8-35-9-7-29)28-22(32)17-12-27-31-5-3-4-26-21(17)31/h3-5,10-12,20,34H,6-9,13-14H2,1-2H3,(H,28,32)/t20-/m1/s1. The van der Waals surface area contributed by atoms with Gasteiger partial charge in [0, 0.05) is 37.6 Å². The van der Waals surface area contributed by atoms with E-state index in [4.69, 9.17) is 4.74 Å². The van der Waals surface area contributed by atoms with Gasteiger partial charge < -0.3 is 25.0 Å². The van der Waals surface area contributed by atoms with Crippen molar-refractivity contribution in [3.63, 3.8) is 0 Å². The van der Waals surface area contributed by atoms with Gasteiger partial charge in [0.25, 0.3) is 11.8 Å².